The Morgan fingerprint density at radius 2 is 1.69 bits per heavy atom. The van der Waals surface area contributed by atoms with Crippen molar-refractivity contribution < 1.29 is 19.1 Å². The Morgan fingerprint density at radius 3 is 2.38 bits per heavy atom. The van der Waals surface area contributed by atoms with Crippen LogP contribution in [0.2, 0.25) is 0 Å². The van der Waals surface area contributed by atoms with Crippen molar-refractivity contribution in [1.29, 1.82) is 0 Å². The smallest absolute Gasteiger partial charge is 0.262 e. The zero-order chi connectivity index (χ0) is 20.4. The van der Waals surface area contributed by atoms with Crippen molar-refractivity contribution in [2.24, 2.45) is 0 Å². The maximum absolute atomic E-state index is 13.1. The van der Waals surface area contributed by atoms with Crippen LogP contribution in [0.3, 0.4) is 0 Å². The van der Waals surface area contributed by atoms with Gasteiger partial charge in [0.1, 0.15) is 18.4 Å². The van der Waals surface area contributed by atoms with Crippen LogP contribution in [0.15, 0.2) is 48.5 Å². The van der Waals surface area contributed by atoms with Gasteiger partial charge in [0.2, 0.25) is 5.91 Å². The number of para-hydroxylation sites is 1. The average molecular weight is 392 g/mol. The minimum atomic E-state index is -0.409. The number of ether oxygens (including phenoxy) is 1. The van der Waals surface area contributed by atoms with E-state index in [1.165, 1.54) is 0 Å². The molecule has 2 aromatic rings. The van der Waals surface area contributed by atoms with E-state index in [1.54, 1.807) is 29.2 Å². The summed E-state index contributed by atoms with van der Waals surface area (Å²) in [5.74, 6) is -0.271. The molecule has 0 aliphatic carbocycles. The molecule has 150 valence electrons. The van der Waals surface area contributed by atoms with Gasteiger partial charge in [0.15, 0.2) is 0 Å². The molecule has 1 atom stereocenters. The number of nitrogens with zero attached hydrogens (tertiary/aromatic N) is 2. The van der Waals surface area contributed by atoms with E-state index in [0.29, 0.717) is 24.2 Å². The van der Waals surface area contributed by atoms with Crippen LogP contribution in [0.25, 0.3) is 0 Å². The normalized spacial score (nSPS) is 18.2. The Bertz CT molecular complexity index is 920. The van der Waals surface area contributed by atoms with Crippen molar-refractivity contribution in [1.82, 2.24) is 9.80 Å². The third kappa shape index (κ3) is 3.75. The van der Waals surface area contributed by atoms with Gasteiger partial charge in [-0.25, -0.2) is 0 Å². The van der Waals surface area contributed by atoms with Gasteiger partial charge in [0, 0.05) is 12.1 Å². The van der Waals surface area contributed by atoms with Gasteiger partial charge in [-0.2, -0.15) is 0 Å². The molecule has 2 heterocycles. The second kappa shape index (κ2) is 8.07. The maximum atomic E-state index is 13.1. The van der Waals surface area contributed by atoms with Crippen LogP contribution in [-0.4, -0.2) is 46.7 Å². The molecule has 2 aliphatic rings. The Hall–Kier alpha value is -3.15. The van der Waals surface area contributed by atoms with E-state index in [4.69, 9.17) is 4.74 Å². The summed E-state index contributed by atoms with van der Waals surface area (Å²) in [5, 5.41) is 0. The molecule has 0 fully saturated rings. The molecule has 0 saturated carbocycles. The Balaban J connectivity index is 1.53. The predicted octanol–water partition coefficient (Wildman–Crippen LogP) is 3.26. The largest absolute Gasteiger partial charge is 0.488 e. The second-order valence-electron chi connectivity index (χ2n) is 7.51. The Kier molecular flexibility index (Phi) is 5.34. The van der Waals surface area contributed by atoms with Gasteiger partial charge < -0.3 is 9.64 Å². The second-order valence-corrected chi connectivity index (χ2v) is 7.51. The van der Waals surface area contributed by atoms with Crippen LogP contribution >= 0.6 is 0 Å². The predicted molar refractivity (Wildman–Crippen MR) is 108 cm³/mol. The molecule has 29 heavy (non-hydrogen) atoms. The van der Waals surface area contributed by atoms with Crippen molar-refractivity contribution in [2.75, 3.05) is 13.1 Å². The van der Waals surface area contributed by atoms with E-state index in [1.807, 2.05) is 24.3 Å². The number of hydrogen-bond acceptors (Lipinski definition) is 4. The van der Waals surface area contributed by atoms with Crippen LogP contribution in [0.1, 0.15) is 52.5 Å². The SMILES string of the molecule is CCCCC1CN(C(=O)CN2C(=O)c3ccccc3C2=O)Cc2ccccc2O1. The number of benzene rings is 2. The van der Waals surface area contributed by atoms with E-state index in [2.05, 4.69) is 6.92 Å². The first-order valence-corrected chi connectivity index (χ1v) is 10.1. The van der Waals surface area contributed by atoms with Crippen molar-refractivity contribution in [2.45, 2.75) is 38.8 Å². The van der Waals surface area contributed by atoms with Gasteiger partial charge in [-0.05, 0) is 31.0 Å². The first-order valence-electron chi connectivity index (χ1n) is 10.1. The highest BCUT2D eigenvalue weighted by Gasteiger charge is 2.37. The van der Waals surface area contributed by atoms with Gasteiger partial charge in [-0.1, -0.05) is 43.7 Å². The van der Waals surface area contributed by atoms with E-state index >= 15 is 0 Å². The number of amides is 3. The Labute approximate surface area is 170 Å². The van der Waals surface area contributed by atoms with Crippen molar-refractivity contribution in [3.63, 3.8) is 0 Å². The molecule has 0 bridgehead atoms. The van der Waals surface area contributed by atoms with Crippen LogP contribution in [0.4, 0.5) is 0 Å². The van der Waals surface area contributed by atoms with Crippen LogP contribution in [0, 0.1) is 0 Å². The fourth-order valence-electron chi connectivity index (χ4n) is 3.87. The van der Waals surface area contributed by atoms with E-state index in [0.717, 1.165) is 35.5 Å². The molecule has 6 heteroatoms. The van der Waals surface area contributed by atoms with Crippen LogP contribution in [0.5, 0.6) is 5.75 Å². The number of imide groups is 1. The summed E-state index contributed by atoms with van der Waals surface area (Å²) in [7, 11) is 0. The van der Waals surface area contributed by atoms with E-state index in [-0.39, 0.29) is 18.6 Å². The number of hydrogen-bond donors (Lipinski definition) is 0. The minimum Gasteiger partial charge on any atom is -0.488 e. The highest BCUT2D eigenvalue weighted by molar-refractivity contribution is 6.22. The Morgan fingerprint density at radius 1 is 1.03 bits per heavy atom. The molecular formula is C23H24N2O4. The standard InChI is InChI=1S/C23H24N2O4/c1-2-3-9-17-14-24(13-16-8-4-7-12-20(16)29-17)21(26)15-25-22(27)18-10-5-6-11-19(18)23(25)28/h4-8,10-12,17H,2-3,9,13-15H2,1H3. The topological polar surface area (TPSA) is 66.9 Å². The highest BCUT2D eigenvalue weighted by atomic mass is 16.5. The van der Waals surface area contributed by atoms with Gasteiger partial charge >= 0.3 is 0 Å². The summed E-state index contributed by atoms with van der Waals surface area (Å²) in [5.41, 5.74) is 1.65. The molecular weight excluding hydrogens is 368 g/mol. The summed E-state index contributed by atoms with van der Waals surface area (Å²) in [6.07, 6.45) is 2.80. The van der Waals surface area contributed by atoms with Crippen LogP contribution in [-0.2, 0) is 11.3 Å². The monoisotopic (exact) mass is 392 g/mol. The van der Waals surface area contributed by atoms with Crippen molar-refractivity contribution >= 4 is 17.7 Å². The molecule has 0 saturated heterocycles. The fourth-order valence-corrected chi connectivity index (χ4v) is 3.87. The highest BCUT2D eigenvalue weighted by Crippen LogP contribution is 2.27. The van der Waals surface area contributed by atoms with Crippen molar-refractivity contribution in [3.8, 4) is 5.75 Å². The summed E-state index contributed by atoms with van der Waals surface area (Å²) < 4.78 is 6.16. The molecule has 0 spiro atoms. The molecule has 0 N–H and O–H groups in total. The lowest BCUT2D eigenvalue weighted by Crippen LogP contribution is -2.44. The lowest BCUT2D eigenvalue weighted by Gasteiger charge is -2.26. The molecule has 6 nitrogen and oxygen atoms in total. The van der Waals surface area contributed by atoms with Crippen LogP contribution < -0.4 is 4.74 Å². The third-order valence-corrected chi connectivity index (χ3v) is 5.46. The summed E-state index contributed by atoms with van der Waals surface area (Å²) in [4.78, 5) is 41.1. The first-order chi connectivity index (χ1) is 14.1. The molecule has 3 amide bonds. The molecule has 2 aromatic carbocycles. The molecule has 1 unspecified atom stereocenters. The summed E-state index contributed by atoms with van der Waals surface area (Å²) >= 11 is 0. The summed E-state index contributed by atoms with van der Waals surface area (Å²) in [6.45, 7) is 2.71. The zero-order valence-corrected chi connectivity index (χ0v) is 16.5. The zero-order valence-electron chi connectivity index (χ0n) is 16.5. The van der Waals surface area contributed by atoms with E-state index in [9.17, 15) is 14.4 Å². The van der Waals surface area contributed by atoms with Gasteiger partial charge in [0.05, 0.1) is 17.7 Å². The minimum absolute atomic E-state index is 0.107. The third-order valence-electron chi connectivity index (χ3n) is 5.46. The van der Waals surface area contributed by atoms with Crippen molar-refractivity contribution in [3.05, 3.63) is 65.2 Å². The van der Waals surface area contributed by atoms with Gasteiger partial charge in [-0.15, -0.1) is 0 Å². The number of carbonyl (C=O) groups is 3. The number of carbonyl (C=O) groups excluding carboxylic acids is 3. The fraction of sp³-hybridized carbons (Fsp3) is 0.348. The van der Waals surface area contributed by atoms with Gasteiger partial charge in [-0.3, -0.25) is 19.3 Å². The first kappa shape index (κ1) is 19.2. The quantitative estimate of drug-likeness (QED) is 0.733. The lowest BCUT2D eigenvalue weighted by atomic mass is 10.1. The molecule has 2 aliphatic heterocycles. The number of fused-ring (bicyclic) bond motifs is 2. The molecule has 0 aromatic heterocycles. The molecule has 4 rings (SSSR count). The van der Waals surface area contributed by atoms with Gasteiger partial charge in [0.25, 0.3) is 11.8 Å². The molecule has 0 radical (unpaired) electrons. The summed E-state index contributed by atoms with van der Waals surface area (Å²) in [6, 6.07) is 14.4. The number of rotatable bonds is 5. The van der Waals surface area contributed by atoms with E-state index < -0.39 is 11.8 Å². The number of unbranched alkanes of at least 4 members (excludes halogenated alkanes) is 1. The average Bonchev–Trinajstić information content (AvgIpc) is 2.88. The maximum Gasteiger partial charge on any atom is 0.262 e. The lowest BCUT2D eigenvalue weighted by molar-refractivity contribution is -0.133.